The molecule has 1 aliphatic heterocycles. The second-order valence-corrected chi connectivity index (χ2v) is 5.41. The predicted octanol–water partition coefficient (Wildman–Crippen LogP) is 3.64. The van der Waals surface area contributed by atoms with Crippen LogP contribution in [0, 0.1) is 13.8 Å². The molecule has 2 rings (SSSR count). The van der Waals surface area contributed by atoms with Crippen molar-refractivity contribution in [1.82, 2.24) is 0 Å². The van der Waals surface area contributed by atoms with Gasteiger partial charge in [0.15, 0.2) is 0 Å². The summed E-state index contributed by atoms with van der Waals surface area (Å²) in [5.74, 6) is 0.187. The number of nitrogens with zero attached hydrogens (tertiary/aromatic N) is 1. The number of aryl methyl sites for hydroxylation is 2. The fraction of sp³-hybridized carbons (Fsp3) is 0.562. The highest BCUT2D eigenvalue weighted by atomic mass is 16.2. The average molecular weight is 260 g/mol. The zero-order valence-electron chi connectivity index (χ0n) is 12.3. The van der Waals surface area contributed by atoms with E-state index in [0.29, 0.717) is 6.54 Å². The van der Waals surface area contributed by atoms with Gasteiger partial charge in [-0.05, 0) is 43.5 Å². The average Bonchev–Trinajstić information content (AvgIpc) is 2.39. The van der Waals surface area contributed by atoms with Gasteiger partial charge in [0.2, 0.25) is 5.91 Å². The minimum Gasteiger partial charge on any atom is -0.374 e. The summed E-state index contributed by atoms with van der Waals surface area (Å²) in [6.07, 6.45) is 4.77. The Morgan fingerprint density at radius 3 is 2.63 bits per heavy atom. The first-order chi connectivity index (χ1) is 9.13. The molecule has 0 bridgehead atoms. The number of benzene rings is 1. The molecule has 1 heterocycles. The van der Waals surface area contributed by atoms with E-state index in [9.17, 15) is 4.79 Å². The van der Waals surface area contributed by atoms with Crippen LogP contribution in [0.25, 0.3) is 0 Å². The Labute approximate surface area is 116 Å². The molecular weight excluding hydrogens is 236 g/mol. The highest BCUT2D eigenvalue weighted by Gasteiger charge is 2.23. The Kier molecular flexibility index (Phi) is 4.46. The van der Waals surface area contributed by atoms with Crippen LogP contribution in [0.2, 0.25) is 0 Å². The van der Waals surface area contributed by atoms with E-state index < -0.39 is 0 Å². The highest BCUT2D eigenvalue weighted by Crippen LogP contribution is 2.32. The van der Waals surface area contributed by atoms with Gasteiger partial charge in [0, 0.05) is 6.54 Å². The summed E-state index contributed by atoms with van der Waals surface area (Å²) in [4.78, 5) is 14.0. The molecule has 1 amide bonds. The first-order valence-corrected chi connectivity index (χ1v) is 7.29. The third kappa shape index (κ3) is 3.09. The number of amides is 1. The monoisotopic (exact) mass is 260 g/mol. The summed E-state index contributed by atoms with van der Waals surface area (Å²) < 4.78 is 0. The number of carbonyl (C=O) groups excluding carboxylic acids is 1. The molecule has 0 saturated carbocycles. The summed E-state index contributed by atoms with van der Waals surface area (Å²) in [6.45, 7) is 7.68. The minimum absolute atomic E-state index is 0.187. The molecule has 19 heavy (non-hydrogen) atoms. The van der Waals surface area contributed by atoms with Crippen LogP contribution >= 0.6 is 0 Å². The number of carbonyl (C=O) groups is 1. The van der Waals surface area contributed by atoms with Gasteiger partial charge in [-0.3, -0.25) is 4.79 Å². The lowest BCUT2D eigenvalue weighted by Gasteiger charge is -2.31. The van der Waals surface area contributed by atoms with Gasteiger partial charge in [-0.15, -0.1) is 0 Å². The third-order valence-corrected chi connectivity index (χ3v) is 3.87. The van der Waals surface area contributed by atoms with E-state index in [0.717, 1.165) is 24.3 Å². The summed E-state index contributed by atoms with van der Waals surface area (Å²) in [6, 6.07) is 4.28. The smallest absolute Gasteiger partial charge is 0.246 e. The van der Waals surface area contributed by atoms with Crippen LogP contribution in [0.4, 0.5) is 11.4 Å². The SMILES string of the molecule is CCCCCCN1C(=O)CNc2cc(C)c(C)cc21. The number of anilines is 2. The normalized spacial score (nSPS) is 14.3. The Morgan fingerprint density at radius 2 is 1.89 bits per heavy atom. The number of fused-ring (bicyclic) bond motifs is 1. The highest BCUT2D eigenvalue weighted by molar-refractivity contribution is 6.02. The van der Waals surface area contributed by atoms with E-state index in [2.05, 4.69) is 38.2 Å². The Balaban J connectivity index is 2.15. The van der Waals surface area contributed by atoms with E-state index in [4.69, 9.17) is 0 Å². The van der Waals surface area contributed by atoms with E-state index >= 15 is 0 Å². The van der Waals surface area contributed by atoms with E-state index in [-0.39, 0.29) is 5.91 Å². The topological polar surface area (TPSA) is 32.3 Å². The van der Waals surface area contributed by atoms with Gasteiger partial charge in [-0.1, -0.05) is 26.2 Å². The maximum absolute atomic E-state index is 12.1. The van der Waals surface area contributed by atoms with Gasteiger partial charge < -0.3 is 10.2 Å². The van der Waals surface area contributed by atoms with Crippen molar-refractivity contribution in [2.24, 2.45) is 0 Å². The standard InChI is InChI=1S/C16H24N2O/c1-4-5-6-7-8-18-15-10-13(3)12(2)9-14(15)17-11-16(18)19/h9-10,17H,4-8,11H2,1-3H3. The molecule has 0 spiro atoms. The summed E-state index contributed by atoms with van der Waals surface area (Å²) in [5.41, 5.74) is 4.66. The van der Waals surface area contributed by atoms with Gasteiger partial charge in [0.25, 0.3) is 0 Å². The molecule has 0 saturated heterocycles. The second kappa shape index (κ2) is 6.09. The number of unbranched alkanes of at least 4 members (excludes halogenated alkanes) is 3. The minimum atomic E-state index is 0.187. The van der Waals surface area contributed by atoms with Crippen LogP contribution < -0.4 is 10.2 Å². The maximum atomic E-state index is 12.1. The fourth-order valence-electron chi connectivity index (χ4n) is 2.51. The van der Waals surface area contributed by atoms with Gasteiger partial charge in [-0.25, -0.2) is 0 Å². The van der Waals surface area contributed by atoms with Crippen molar-refractivity contribution in [3.8, 4) is 0 Å². The van der Waals surface area contributed by atoms with Gasteiger partial charge >= 0.3 is 0 Å². The summed E-state index contributed by atoms with van der Waals surface area (Å²) >= 11 is 0. The fourth-order valence-corrected chi connectivity index (χ4v) is 2.51. The van der Waals surface area contributed by atoms with Crippen LogP contribution in [0.15, 0.2) is 12.1 Å². The zero-order valence-corrected chi connectivity index (χ0v) is 12.3. The maximum Gasteiger partial charge on any atom is 0.246 e. The molecule has 3 nitrogen and oxygen atoms in total. The van der Waals surface area contributed by atoms with Crippen LogP contribution in [0.1, 0.15) is 43.7 Å². The Hall–Kier alpha value is -1.51. The second-order valence-electron chi connectivity index (χ2n) is 5.41. The van der Waals surface area contributed by atoms with E-state index in [1.54, 1.807) is 0 Å². The summed E-state index contributed by atoms with van der Waals surface area (Å²) in [5, 5.41) is 3.22. The first kappa shape index (κ1) is 13.9. The molecule has 0 radical (unpaired) electrons. The number of nitrogens with one attached hydrogen (secondary N) is 1. The van der Waals surface area contributed by atoms with Crippen molar-refractivity contribution in [3.63, 3.8) is 0 Å². The van der Waals surface area contributed by atoms with Crippen molar-refractivity contribution >= 4 is 17.3 Å². The number of rotatable bonds is 5. The Morgan fingerprint density at radius 1 is 1.16 bits per heavy atom. The molecule has 0 aromatic heterocycles. The molecule has 0 aliphatic carbocycles. The molecule has 1 aromatic rings. The lowest BCUT2D eigenvalue weighted by molar-refractivity contribution is -0.117. The molecule has 0 atom stereocenters. The van der Waals surface area contributed by atoms with Crippen LogP contribution in [0.5, 0.6) is 0 Å². The molecule has 104 valence electrons. The predicted molar refractivity (Wildman–Crippen MR) is 80.9 cm³/mol. The van der Waals surface area contributed by atoms with Crippen molar-refractivity contribution in [1.29, 1.82) is 0 Å². The van der Waals surface area contributed by atoms with Crippen LogP contribution in [0.3, 0.4) is 0 Å². The molecular formula is C16H24N2O. The van der Waals surface area contributed by atoms with E-state index in [1.807, 2.05) is 4.90 Å². The molecule has 3 heteroatoms. The molecule has 0 unspecified atom stereocenters. The van der Waals surface area contributed by atoms with Gasteiger partial charge in [0.05, 0.1) is 17.9 Å². The van der Waals surface area contributed by atoms with Gasteiger partial charge in [0.1, 0.15) is 0 Å². The van der Waals surface area contributed by atoms with Crippen molar-refractivity contribution in [2.45, 2.75) is 46.5 Å². The van der Waals surface area contributed by atoms with Crippen molar-refractivity contribution in [2.75, 3.05) is 23.3 Å². The zero-order chi connectivity index (χ0) is 13.8. The summed E-state index contributed by atoms with van der Waals surface area (Å²) in [7, 11) is 0. The molecule has 0 fully saturated rings. The van der Waals surface area contributed by atoms with E-state index in [1.165, 1.54) is 30.4 Å². The molecule has 1 aliphatic rings. The quantitative estimate of drug-likeness (QED) is 0.820. The largest absolute Gasteiger partial charge is 0.374 e. The lowest BCUT2D eigenvalue weighted by Crippen LogP contribution is -2.40. The third-order valence-electron chi connectivity index (χ3n) is 3.87. The number of hydrogen-bond donors (Lipinski definition) is 1. The van der Waals surface area contributed by atoms with Crippen molar-refractivity contribution < 1.29 is 4.79 Å². The first-order valence-electron chi connectivity index (χ1n) is 7.29. The van der Waals surface area contributed by atoms with Crippen molar-refractivity contribution in [3.05, 3.63) is 23.3 Å². The molecule has 1 N–H and O–H groups in total. The van der Waals surface area contributed by atoms with Crippen LogP contribution in [-0.2, 0) is 4.79 Å². The molecule has 1 aromatic carbocycles. The Bertz CT molecular complexity index is 468. The lowest BCUT2D eigenvalue weighted by atomic mass is 10.0. The van der Waals surface area contributed by atoms with Gasteiger partial charge in [-0.2, -0.15) is 0 Å². The number of hydrogen-bond acceptors (Lipinski definition) is 2. The van der Waals surface area contributed by atoms with Crippen LogP contribution in [-0.4, -0.2) is 19.0 Å².